The first kappa shape index (κ1) is 16.7. The average Bonchev–Trinajstić information content (AvgIpc) is 2.77. The van der Waals surface area contributed by atoms with Gasteiger partial charge in [-0.05, 0) is 37.8 Å². The Balaban J connectivity index is 2.98. The number of nitrogens with zero attached hydrogens (tertiary/aromatic N) is 1. The summed E-state index contributed by atoms with van der Waals surface area (Å²) in [6, 6.07) is 5.49. The average molecular weight is 282 g/mol. The quantitative estimate of drug-likeness (QED) is 0.774. The fraction of sp³-hybridized carbons (Fsp3) is 0.750. The SMILES string of the molecule is CCC(CC)N(CC(C)C)C(CN)c1ccc(C)s1. The zero-order valence-corrected chi connectivity index (χ0v) is 14.0. The fourth-order valence-electron chi connectivity index (χ4n) is 2.76. The van der Waals surface area contributed by atoms with Crippen molar-refractivity contribution in [3.05, 3.63) is 21.9 Å². The van der Waals surface area contributed by atoms with Crippen LogP contribution in [0.4, 0.5) is 0 Å². The van der Waals surface area contributed by atoms with Crippen LogP contribution in [0.15, 0.2) is 12.1 Å². The second-order valence-corrected chi connectivity index (χ2v) is 7.08. The molecule has 110 valence electrons. The number of hydrogen-bond acceptors (Lipinski definition) is 3. The molecule has 0 aromatic carbocycles. The van der Waals surface area contributed by atoms with E-state index in [1.54, 1.807) is 0 Å². The van der Waals surface area contributed by atoms with Gasteiger partial charge in [-0.3, -0.25) is 4.90 Å². The van der Waals surface area contributed by atoms with Crippen LogP contribution >= 0.6 is 11.3 Å². The van der Waals surface area contributed by atoms with E-state index in [1.165, 1.54) is 22.6 Å². The largest absolute Gasteiger partial charge is 0.329 e. The molecule has 0 fully saturated rings. The van der Waals surface area contributed by atoms with Crippen LogP contribution in [0.1, 0.15) is 56.3 Å². The lowest BCUT2D eigenvalue weighted by molar-refractivity contribution is 0.114. The molecule has 0 aliphatic heterocycles. The lowest BCUT2D eigenvalue weighted by Gasteiger charge is -2.38. The lowest BCUT2D eigenvalue weighted by Crippen LogP contribution is -2.42. The van der Waals surface area contributed by atoms with E-state index in [0.717, 1.165) is 6.54 Å². The molecule has 0 radical (unpaired) electrons. The molecule has 1 unspecified atom stereocenters. The van der Waals surface area contributed by atoms with E-state index in [1.807, 2.05) is 11.3 Å². The van der Waals surface area contributed by atoms with Gasteiger partial charge in [0.25, 0.3) is 0 Å². The maximum Gasteiger partial charge on any atom is 0.0566 e. The fourth-order valence-corrected chi connectivity index (χ4v) is 3.77. The van der Waals surface area contributed by atoms with E-state index in [4.69, 9.17) is 5.73 Å². The minimum Gasteiger partial charge on any atom is -0.329 e. The summed E-state index contributed by atoms with van der Waals surface area (Å²) in [6.07, 6.45) is 2.40. The molecule has 19 heavy (non-hydrogen) atoms. The normalized spacial score (nSPS) is 13.7. The molecule has 0 amide bonds. The van der Waals surface area contributed by atoms with E-state index >= 15 is 0 Å². The maximum atomic E-state index is 6.10. The smallest absolute Gasteiger partial charge is 0.0566 e. The predicted octanol–water partition coefficient (Wildman–Crippen LogP) is 4.20. The number of hydrogen-bond donors (Lipinski definition) is 1. The molecule has 2 nitrogen and oxygen atoms in total. The number of nitrogens with two attached hydrogens (primary N) is 1. The van der Waals surface area contributed by atoms with Crippen LogP contribution in [0, 0.1) is 12.8 Å². The Labute approximate surface area is 123 Å². The number of aryl methyl sites for hydroxylation is 1. The molecule has 1 atom stereocenters. The molecule has 0 aliphatic carbocycles. The first-order chi connectivity index (χ1) is 9.03. The van der Waals surface area contributed by atoms with Crippen LogP contribution in [0.25, 0.3) is 0 Å². The van der Waals surface area contributed by atoms with E-state index in [-0.39, 0.29) is 0 Å². The van der Waals surface area contributed by atoms with Crippen molar-refractivity contribution in [3.8, 4) is 0 Å². The van der Waals surface area contributed by atoms with Gasteiger partial charge >= 0.3 is 0 Å². The summed E-state index contributed by atoms with van der Waals surface area (Å²) in [6.45, 7) is 13.2. The van der Waals surface area contributed by atoms with Crippen molar-refractivity contribution in [1.82, 2.24) is 4.90 Å². The zero-order valence-electron chi connectivity index (χ0n) is 13.1. The van der Waals surface area contributed by atoms with Crippen molar-refractivity contribution in [2.45, 2.75) is 59.5 Å². The molecule has 0 bridgehead atoms. The monoisotopic (exact) mass is 282 g/mol. The minimum atomic E-state index is 0.381. The Morgan fingerprint density at radius 1 is 1.21 bits per heavy atom. The molecule has 0 aliphatic rings. The highest BCUT2D eigenvalue weighted by Gasteiger charge is 2.26. The molecule has 0 saturated heterocycles. The highest BCUT2D eigenvalue weighted by molar-refractivity contribution is 7.12. The molecule has 3 heteroatoms. The van der Waals surface area contributed by atoms with E-state index in [9.17, 15) is 0 Å². The molecule has 1 heterocycles. The molecule has 1 aromatic rings. The molecule has 0 saturated carbocycles. The van der Waals surface area contributed by atoms with Gasteiger partial charge in [0.1, 0.15) is 0 Å². The Kier molecular flexibility index (Phi) is 7.05. The number of rotatable bonds is 8. The van der Waals surface area contributed by atoms with Gasteiger partial charge in [0.05, 0.1) is 6.04 Å². The summed E-state index contributed by atoms with van der Waals surface area (Å²) < 4.78 is 0. The van der Waals surface area contributed by atoms with Crippen molar-refractivity contribution in [2.24, 2.45) is 11.7 Å². The third kappa shape index (κ3) is 4.59. The topological polar surface area (TPSA) is 29.3 Å². The first-order valence-corrected chi connectivity index (χ1v) is 8.37. The first-order valence-electron chi connectivity index (χ1n) is 7.55. The second-order valence-electron chi connectivity index (χ2n) is 5.76. The van der Waals surface area contributed by atoms with Gasteiger partial charge in [-0.2, -0.15) is 0 Å². The molecular weight excluding hydrogens is 252 g/mol. The maximum absolute atomic E-state index is 6.10. The molecule has 2 N–H and O–H groups in total. The number of thiophene rings is 1. The summed E-state index contributed by atoms with van der Waals surface area (Å²) in [5.74, 6) is 0.677. The Morgan fingerprint density at radius 3 is 2.21 bits per heavy atom. The highest BCUT2D eigenvalue weighted by Crippen LogP contribution is 2.30. The van der Waals surface area contributed by atoms with E-state index < -0.39 is 0 Å². The van der Waals surface area contributed by atoms with Crippen molar-refractivity contribution in [1.29, 1.82) is 0 Å². The van der Waals surface area contributed by atoms with Crippen LogP contribution in [0.2, 0.25) is 0 Å². The standard InChI is InChI=1S/C16H30N2S/c1-6-14(7-2)18(11-12(3)4)15(10-17)16-9-8-13(5)19-16/h8-9,12,14-15H,6-7,10-11,17H2,1-5H3. The zero-order chi connectivity index (χ0) is 14.4. The summed E-state index contributed by atoms with van der Waals surface area (Å²) in [7, 11) is 0. The van der Waals surface area contributed by atoms with E-state index in [2.05, 4.69) is 51.7 Å². The summed E-state index contributed by atoms with van der Waals surface area (Å²) in [5.41, 5.74) is 6.10. The van der Waals surface area contributed by atoms with Gasteiger partial charge in [0, 0.05) is 28.9 Å². The van der Waals surface area contributed by atoms with Gasteiger partial charge in [-0.25, -0.2) is 0 Å². The molecule has 0 spiro atoms. The summed E-state index contributed by atoms with van der Waals surface area (Å²) >= 11 is 1.89. The van der Waals surface area contributed by atoms with Crippen molar-refractivity contribution in [3.63, 3.8) is 0 Å². The van der Waals surface area contributed by atoms with Gasteiger partial charge in [-0.15, -0.1) is 11.3 Å². The summed E-state index contributed by atoms with van der Waals surface area (Å²) in [4.78, 5) is 5.44. The van der Waals surface area contributed by atoms with Gasteiger partial charge in [0.2, 0.25) is 0 Å². The Hall–Kier alpha value is -0.380. The third-order valence-corrected chi connectivity index (χ3v) is 4.80. The summed E-state index contributed by atoms with van der Waals surface area (Å²) in [5, 5.41) is 0. The van der Waals surface area contributed by atoms with Crippen LogP contribution < -0.4 is 5.73 Å². The van der Waals surface area contributed by atoms with Crippen molar-refractivity contribution < 1.29 is 0 Å². The highest BCUT2D eigenvalue weighted by atomic mass is 32.1. The molecule has 1 aromatic heterocycles. The van der Waals surface area contributed by atoms with Crippen molar-refractivity contribution in [2.75, 3.05) is 13.1 Å². The van der Waals surface area contributed by atoms with Gasteiger partial charge < -0.3 is 5.73 Å². The van der Waals surface area contributed by atoms with Crippen LogP contribution in [-0.2, 0) is 0 Å². The Bertz CT molecular complexity index is 355. The predicted molar refractivity (Wildman–Crippen MR) is 86.8 cm³/mol. The van der Waals surface area contributed by atoms with Crippen molar-refractivity contribution >= 4 is 11.3 Å². The van der Waals surface area contributed by atoms with Crippen LogP contribution in [-0.4, -0.2) is 24.0 Å². The van der Waals surface area contributed by atoms with Gasteiger partial charge in [-0.1, -0.05) is 27.7 Å². The lowest BCUT2D eigenvalue weighted by atomic mass is 10.0. The van der Waals surface area contributed by atoms with Crippen LogP contribution in [0.3, 0.4) is 0 Å². The second kappa shape index (κ2) is 8.03. The van der Waals surface area contributed by atoms with Gasteiger partial charge in [0.15, 0.2) is 0 Å². The molecular formula is C16H30N2S. The Morgan fingerprint density at radius 2 is 1.84 bits per heavy atom. The van der Waals surface area contributed by atoms with E-state index in [0.29, 0.717) is 24.5 Å². The third-order valence-electron chi connectivity index (χ3n) is 3.70. The molecule has 1 rings (SSSR count). The minimum absolute atomic E-state index is 0.381. The van der Waals surface area contributed by atoms with Crippen LogP contribution in [0.5, 0.6) is 0 Å².